The number of carboxylic acids is 1. The Kier molecular flexibility index (Phi) is 9.99. The molecule has 3 aromatic carbocycles. The van der Waals surface area contributed by atoms with Crippen LogP contribution in [0.4, 0.5) is 44.6 Å². The Morgan fingerprint density at radius 3 is 1.80 bits per heavy atom. The first-order valence-electron chi connectivity index (χ1n) is 13.2. The molecule has 16 heteroatoms. The topological polar surface area (TPSA) is 82.5 Å². The van der Waals surface area contributed by atoms with Crippen LogP contribution < -0.4 is 10.2 Å². The van der Waals surface area contributed by atoms with E-state index in [2.05, 4.69) is 10.3 Å². The first-order valence-corrected chi connectivity index (χ1v) is 14.0. The van der Waals surface area contributed by atoms with Crippen molar-refractivity contribution in [1.82, 2.24) is 10.3 Å². The molecule has 4 rings (SSSR count). The number of carbonyl (C=O) groups excluding carboxylic acids is 1. The van der Waals surface area contributed by atoms with Gasteiger partial charge in [-0.05, 0) is 53.6 Å². The summed E-state index contributed by atoms with van der Waals surface area (Å²) in [4.78, 5) is 28.8. The van der Waals surface area contributed by atoms with Gasteiger partial charge in [0.25, 0.3) is 5.91 Å². The van der Waals surface area contributed by atoms with Gasteiger partial charge in [0.2, 0.25) is 0 Å². The lowest BCUT2D eigenvalue weighted by atomic mass is 10.0. The number of rotatable bonds is 10. The van der Waals surface area contributed by atoms with Crippen LogP contribution in [0.1, 0.15) is 44.6 Å². The van der Waals surface area contributed by atoms with Gasteiger partial charge in [0.05, 0.1) is 28.8 Å². The molecule has 244 valence electrons. The Labute approximate surface area is 259 Å². The third-order valence-electron chi connectivity index (χ3n) is 6.51. The number of nitrogens with zero attached hydrogens (tertiary/aromatic N) is 2. The molecule has 0 atom stereocenters. The summed E-state index contributed by atoms with van der Waals surface area (Å²) in [7, 11) is 0. The summed E-state index contributed by atoms with van der Waals surface area (Å²) in [5.74, 6) is -1.67. The standard InChI is InChI=1S/C30H22F9N3O3S/c31-28(32,33)21-7-5-19(6-8-21)24-16-46-27(41-24)42(14-17-1-3-20(4-2-17)26(45)40-10-9-25(43)44)15-18-11-22(29(34,35)36)13-23(12-18)30(37,38)39/h1-8,11-13,16H,9-10,14-15H2,(H,40,45)(H,43,44). The summed E-state index contributed by atoms with van der Waals surface area (Å²) in [6, 6.07) is 11.1. The zero-order valence-corrected chi connectivity index (χ0v) is 24.0. The van der Waals surface area contributed by atoms with Gasteiger partial charge in [0.15, 0.2) is 5.13 Å². The Hall–Kier alpha value is -4.60. The van der Waals surface area contributed by atoms with Crippen molar-refractivity contribution in [3.8, 4) is 11.3 Å². The van der Waals surface area contributed by atoms with Crippen LogP contribution in [0.5, 0.6) is 0 Å². The van der Waals surface area contributed by atoms with E-state index >= 15 is 0 Å². The van der Waals surface area contributed by atoms with E-state index in [0.717, 1.165) is 23.5 Å². The lowest BCUT2D eigenvalue weighted by molar-refractivity contribution is -0.143. The molecule has 0 aliphatic rings. The highest BCUT2D eigenvalue weighted by atomic mass is 32.1. The first kappa shape index (κ1) is 34.3. The maximum Gasteiger partial charge on any atom is 0.416 e. The molecule has 1 aromatic heterocycles. The fraction of sp³-hybridized carbons (Fsp3) is 0.233. The molecule has 46 heavy (non-hydrogen) atoms. The van der Waals surface area contributed by atoms with Gasteiger partial charge >= 0.3 is 24.5 Å². The van der Waals surface area contributed by atoms with E-state index in [9.17, 15) is 49.1 Å². The zero-order valence-electron chi connectivity index (χ0n) is 23.2. The third kappa shape index (κ3) is 8.99. The highest BCUT2D eigenvalue weighted by Gasteiger charge is 2.37. The number of anilines is 1. The van der Waals surface area contributed by atoms with Gasteiger partial charge < -0.3 is 15.3 Å². The van der Waals surface area contributed by atoms with Crippen LogP contribution in [0, 0.1) is 0 Å². The average Bonchev–Trinajstić information content (AvgIpc) is 3.46. The molecular weight excluding hydrogens is 653 g/mol. The van der Waals surface area contributed by atoms with Crippen molar-refractivity contribution in [1.29, 1.82) is 0 Å². The lowest BCUT2D eigenvalue weighted by Crippen LogP contribution is -2.26. The number of halogens is 9. The van der Waals surface area contributed by atoms with Crippen LogP contribution in [-0.2, 0) is 36.4 Å². The summed E-state index contributed by atoms with van der Waals surface area (Å²) in [6.45, 7) is -0.686. The smallest absolute Gasteiger partial charge is 0.416 e. The molecule has 4 aromatic rings. The van der Waals surface area contributed by atoms with E-state index < -0.39 is 53.6 Å². The number of nitrogens with one attached hydrogen (secondary N) is 1. The van der Waals surface area contributed by atoms with Crippen LogP contribution in [0.3, 0.4) is 0 Å². The molecule has 6 nitrogen and oxygen atoms in total. The minimum atomic E-state index is -5.07. The van der Waals surface area contributed by atoms with E-state index in [1.54, 1.807) is 0 Å². The minimum absolute atomic E-state index is 0.0141. The molecule has 0 spiro atoms. The Morgan fingerprint density at radius 1 is 0.739 bits per heavy atom. The number of amides is 1. The van der Waals surface area contributed by atoms with Crippen LogP contribution in [0.2, 0.25) is 0 Å². The quantitative estimate of drug-likeness (QED) is 0.166. The molecule has 0 fully saturated rings. The molecule has 0 unspecified atom stereocenters. The fourth-order valence-electron chi connectivity index (χ4n) is 4.26. The van der Waals surface area contributed by atoms with Gasteiger partial charge in [-0.1, -0.05) is 24.3 Å². The van der Waals surface area contributed by atoms with E-state index in [0.29, 0.717) is 23.3 Å². The number of aromatic nitrogens is 1. The molecule has 0 aliphatic heterocycles. The number of carboxylic acid groups (broad SMARTS) is 1. The average molecular weight is 676 g/mol. The van der Waals surface area contributed by atoms with Gasteiger partial charge in [-0.3, -0.25) is 9.59 Å². The first-order chi connectivity index (χ1) is 21.4. The second kappa shape index (κ2) is 13.4. The zero-order chi connectivity index (χ0) is 33.9. The maximum absolute atomic E-state index is 13.5. The van der Waals surface area contributed by atoms with Crippen molar-refractivity contribution in [3.63, 3.8) is 0 Å². The van der Waals surface area contributed by atoms with Crippen LogP contribution in [-0.4, -0.2) is 28.5 Å². The summed E-state index contributed by atoms with van der Waals surface area (Å²) in [5, 5.41) is 12.8. The van der Waals surface area contributed by atoms with Crippen molar-refractivity contribution < 1.29 is 54.2 Å². The second-order valence-electron chi connectivity index (χ2n) is 9.96. The van der Waals surface area contributed by atoms with Gasteiger partial charge in [0, 0.05) is 36.1 Å². The molecule has 1 amide bonds. The summed E-state index contributed by atoms with van der Waals surface area (Å²) in [5.41, 5.74) is -3.04. The molecule has 1 heterocycles. The van der Waals surface area contributed by atoms with E-state index in [1.165, 1.54) is 46.7 Å². The number of carbonyl (C=O) groups is 2. The monoisotopic (exact) mass is 675 g/mol. The number of hydrogen-bond donors (Lipinski definition) is 2. The molecule has 0 aliphatic carbocycles. The van der Waals surface area contributed by atoms with E-state index in [-0.39, 0.29) is 47.5 Å². The van der Waals surface area contributed by atoms with Crippen LogP contribution in [0.25, 0.3) is 11.3 Å². The van der Waals surface area contributed by atoms with Crippen LogP contribution >= 0.6 is 11.3 Å². The second-order valence-corrected chi connectivity index (χ2v) is 10.8. The maximum atomic E-state index is 13.5. The summed E-state index contributed by atoms with van der Waals surface area (Å²) in [6.07, 6.45) is -15.0. The predicted octanol–water partition coefficient (Wildman–Crippen LogP) is 8.28. The highest BCUT2D eigenvalue weighted by molar-refractivity contribution is 7.14. The van der Waals surface area contributed by atoms with Gasteiger partial charge in [0.1, 0.15) is 0 Å². The number of thiazole rings is 1. The van der Waals surface area contributed by atoms with E-state index in [1.807, 2.05) is 0 Å². The minimum Gasteiger partial charge on any atom is -0.481 e. The number of aliphatic carboxylic acids is 1. The Bertz CT molecular complexity index is 1650. The highest BCUT2D eigenvalue weighted by Crippen LogP contribution is 2.38. The summed E-state index contributed by atoms with van der Waals surface area (Å²) >= 11 is 0.976. The predicted molar refractivity (Wildman–Crippen MR) is 150 cm³/mol. The molecule has 2 N–H and O–H groups in total. The normalized spacial score (nSPS) is 12.2. The fourth-order valence-corrected chi connectivity index (χ4v) is 5.10. The van der Waals surface area contributed by atoms with Gasteiger partial charge in [-0.25, -0.2) is 4.98 Å². The van der Waals surface area contributed by atoms with Crippen molar-refractivity contribution in [2.45, 2.75) is 38.0 Å². The third-order valence-corrected chi connectivity index (χ3v) is 7.41. The SMILES string of the molecule is O=C(O)CCNC(=O)c1ccc(CN(Cc2cc(C(F)(F)F)cc(C(F)(F)F)c2)c2nc(-c3ccc(C(F)(F)F)cc3)cs2)cc1. The van der Waals surface area contributed by atoms with Gasteiger partial charge in [-0.15, -0.1) is 11.3 Å². The number of alkyl halides is 9. The van der Waals surface area contributed by atoms with Crippen LogP contribution in [0.15, 0.2) is 72.1 Å². The molecular formula is C30H22F9N3O3S. The van der Waals surface area contributed by atoms with Crippen molar-refractivity contribution in [2.75, 3.05) is 11.4 Å². The Morgan fingerprint density at radius 2 is 1.28 bits per heavy atom. The molecule has 0 bridgehead atoms. The molecule has 0 saturated heterocycles. The van der Waals surface area contributed by atoms with Crippen molar-refractivity contribution in [2.24, 2.45) is 0 Å². The Balaban J connectivity index is 1.67. The molecule has 0 radical (unpaired) electrons. The molecule has 0 saturated carbocycles. The lowest BCUT2D eigenvalue weighted by Gasteiger charge is -2.24. The number of hydrogen-bond acceptors (Lipinski definition) is 5. The summed E-state index contributed by atoms with van der Waals surface area (Å²) < 4.78 is 120. The largest absolute Gasteiger partial charge is 0.481 e. The van der Waals surface area contributed by atoms with Crippen molar-refractivity contribution in [3.05, 3.63) is 105 Å². The van der Waals surface area contributed by atoms with Gasteiger partial charge in [-0.2, -0.15) is 39.5 Å². The van der Waals surface area contributed by atoms with Crippen molar-refractivity contribution >= 4 is 28.3 Å². The number of benzene rings is 3. The van der Waals surface area contributed by atoms with E-state index in [4.69, 9.17) is 5.11 Å².